The first-order chi connectivity index (χ1) is 12.1. The van der Waals surface area contributed by atoms with E-state index in [1.54, 1.807) is 24.3 Å². The highest BCUT2D eigenvalue weighted by atomic mass is 32.2. The van der Waals surface area contributed by atoms with E-state index in [1.165, 1.54) is 32.1 Å². The van der Waals surface area contributed by atoms with Gasteiger partial charge in [0.25, 0.3) is 10.0 Å². The monoisotopic (exact) mass is 368 g/mol. The van der Waals surface area contributed by atoms with E-state index in [1.807, 2.05) is 0 Å². The van der Waals surface area contributed by atoms with Gasteiger partial charge in [-0.25, -0.2) is 8.42 Å². The van der Waals surface area contributed by atoms with Crippen molar-refractivity contribution in [1.29, 1.82) is 0 Å². The molecule has 0 aromatic heterocycles. The summed E-state index contributed by atoms with van der Waals surface area (Å²) >= 11 is 0. The zero-order valence-corrected chi connectivity index (χ0v) is 15.5. The number of piperidine rings is 1. The molecule has 25 heavy (non-hydrogen) atoms. The Kier molecular flexibility index (Phi) is 6.70. The Hall–Kier alpha value is -1.15. The van der Waals surface area contributed by atoms with E-state index >= 15 is 0 Å². The molecule has 140 valence electrons. The maximum absolute atomic E-state index is 12.2. The second-order valence-electron chi connectivity index (χ2n) is 6.83. The third-order valence-electron chi connectivity index (χ3n) is 4.87. The zero-order chi connectivity index (χ0) is 17.5. The third kappa shape index (κ3) is 5.67. The van der Waals surface area contributed by atoms with Crippen molar-refractivity contribution < 1.29 is 18.0 Å². The average molecular weight is 368 g/mol. The van der Waals surface area contributed by atoms with Crippen LogP contribution >= 0.6 is 0 Å². The van der Waals surface area contributed by atoms with Crippen molar-refractivity contribution >= 4 is 10.0 Å². The molecule has 1 saturated carbocycles. The van der Waals surface area contributed by atoms with Crippen LogP contribution < -0.4 is 9.62 Å². The summed E-state index contributed by atoms with van der Waals surface area (Å²) in [5, 5.41) is 0. The van der Waals surface area contributed by atoms with Crippen LogP contribution in [0, 0.1) is 0 Å². The number of nitrogens with zero attached hydrogens (tertiary/aromatic N) is 1. The highest BCUT2D eigenvalue weighted by molar-refractivity contribution is 7.89. The molecule has 0 amide bonds. The van der Waals surface area contributed by atoms with E-state index in [0.29, 0.717) is 6.61 Å². The van der Waals surface area contributed by atoms with Gasteiger partial charge in [-0.05, 0) is 75.9 Å². The number of sulfonamides is 1. The fourth-order valence-corrected chi connectivity index (χ4v) is 4.25. The minimum Gasteiger partial charge on any atom is -0.490 e. The second-order valence-corrected chi connectivity index (χ2v) is 8.48. The molecule has 1 N–H and O–H groups in total. The lowest BCUT2D eigenvalue weighted by Gasteiger charge is -2.25. The van der Waals surface area contributed by atoms with E-state index in [4.69, 9.17) is 9.57 Å². The van der Waals surface area contributed by atoms with Crippen LogP contribution in [0.5, 0.6) is 5.75 Å². The van der Waals surface area contributed by atoms with Crippen molar-refractivity contribution in [1.82, 2.24) is 9.79 Å². The fraction of sp³-hybridized carbons (Fsp3) is 0.667. The standard InChI is InChI=1S/C18H28N2O4S/c21-25(22,19-23-15-14-20-12-4-1-5-13-20)18-10-8-17(9-11-18)24-16-6-2-3-7-16/h8-11,16,19H,1-7,12-15H2. The van der Waals surface area contributed by atoms with E-state index < -0.39 is 10.0 Å². The topological polar surface area (TPSA) is 67.9 Å². The van der Waals surface area contributed by atoms with Crippen LogP contribution in [0.2, 0.25) is 0 Å². The number of hydrogen-bond acceptors (Lipinski definition) is 5. The van der Waals surface area contributed by atoms with Crippen LogP contribution in [0.15, 0.2) is 29.2 Å². The summed E-state index contributed by atoms with van der Waals surface area (Å²) in [6, 6.07) is 6.53. The van der Waals surface area contributed by atoms with Gasteiger partial charge in [0, 0.05) is 6.54 Å². The van der Waals surface area contributed by atoms with Crippen LogP contribution in [-0.2, 0) is 14.9 Å². The molecule has 2 fully saturated rings. The smallest absolute Gasteiger partial charge is 0.262 e. The van der Waals surface area contributed by atoms with Gasteiger partial charge in [-0.1, -0.05) is 11.3 Å². The number of rotatable bonds is 8. The van der Waals surface area contributed by atoms with Crippen LogP contribution in [0.4, 0.5) is 0 Å². The maximum Gasteiger partial charge on any atom is 0.262 e. The molecule has 3 rings (SSSR count). The first kappa shape index (κ1) is 18.6. The number of nitrogens with one attached hydrogen (secondary N) is 1. The van der Waals surface area contributed by atoms with Crippen molar-refractivity contribution in [3.63, 3.8) is 0 Å². The van der Waals surface area contributed by atoms with Gasteiger partial charge in [0.05, 0.1) is 17.6 Å². The van der Waals surface area contributed by atoms with Crippen molar-refractivity contribution in [3.05, 3.63) is 24.3 Å². The summed E-state index contributed by atoms with van der Waals surface area (Å²) in [6.45, 7) is 3.23. The molecule has 6 nitrogen and oxygen atoms in total. The molecule has 1 aromatic carbocycles. The number of benzene rings is 1. The van der Waals surface area contributed by atoms with Crippen molar-refractivity contribution in [3.8, 4) is 5.75 Å². The van der Waals surface area contributed by atoms with Gasteiger partial charge < -0.3 is 9.64 Å². The molecular weight excluding hydrogens is 340 g/mol. The molecular formula is C18H28N2O4S. The minimum atomic E-state index is -3.65. The summed E-state index contributed by atoms with van der Waals surface area (Å²) < 4.78 is 30.4. The molecule has 1 saturated heterocycles. The van der Waals surface area contributed by atoms with Gasteiger partial charge in [-0.3, -0.25) is 4.84 Å². The predicted octanol–water partition coefficient (Wildman–Crippen LogP) is 2.70. The molecule has 2 aliphatic rings. The first-order valence-corrected chi connectivity index (χ1v) is 10.7. The summed E-state index contributed by atoms with van der Waals surface area (Å²) in [4.78, 5) is 9.88. The lowest BCUT2D eigenvalue weighted by molar-refractivity contribution is 0.0656. The van der Waals surface area contributed by atoms with E-state index in [0.717, 1.165) is 38.2 Å². The SMILES string of the molecule is O=S(=O)(NOCCN1CCCCC1)c1ccc(OC2CCCC2)cc1. The molecule has 7 heteroatoms. The lowest BCUT2D eigenvalue weighted by atomic mass is 10.1. The summed E-state index contributed by atoms with van der Waals surface area (Å²) in [5.74, 6) is 0.719. The van der Waals surface area contributed by atoms with Gasteiger partial charge >= 0.3 is 0 Å². The van der Waals surface area contributed by atoms with E-state index in [9.17, 15) is 8.42 Å². The Morgan fingerprint density at radius 2 is 1.68 bits per heavy atom. The van der Waals surface area contributed by atoms with E-state index in [2.05, 4.69) is 9.79 Å². The minimum absolute atomic E-state index is 0.184. The molecule has 1 aromatic rings. The predicted molar refractivity (Wildman–Crippen MR) is 95.9 cm³/mol. The summed E-state index contributed by atoms with van der Waals surface area (Å²) in [7, 11) is -3.65. The Balaban J connectivity index is 1.44. The Morgan fingerprint density at radius 3 is 2.36 bits per heavy atom. The molecule has 0 unspecified atom stereocenters. The highest BCUT2D eigenvalue weighted by Gasteiger charge is 2.18. The van der Waals surface area contributed by atoms with Crippen LogP contribution in [0.25, 0.3) is 0 Å². The molecule has 0 bridgehead atoms. The summed E-state index contributed by atoms with van der Waals surface area (Å²) in [5.41, 5.74) is 0. The second kappa shape index (κ2) is 8.98. The highest BCUT2D eigenvalue weighted by Crippen LogP contribution is 2.24. The summed E-state index contributed by atoms with van der Waals surface area (Å²) in [6.07, 6.45) is 8.52. The zero-order valence-electron chi connectivity index (χ0n) is 14.7. The number of hydrogen-bond donors (Lipinski definition) is 1. The Morgan fingerprint density at radius 1 is 1.00 bits per heavy atom. The molecule has 0 atom stereocenters. The van der Waals surface area contributed by atoms with Gasteiger partial charge in [0.2, 0.25) is 0 Å². The van der Waals surface area contributed by atoms with Gasteiger partial charge in [0.1, 0.15) is 5.75 Å². The number of likely N-dealkylation sites (tertiary alicyclic amines) is 1. The fourth-order valence-electron chi connectivity index (χ4n) is 3.42. The molecule has 0 spiro atoms. The lowest BCUT2D eigenvalue weighted by Crippen LogP contribution is -2.35. The molecule has 0 radical (unpaired) electrons. The maximum atomic E-state index is 12.2. The molecule has 1 aliphatic carbocycles. The largest absolute Gasteiger partial charge is 0.490 e. The number of ether oxygens (including phenoxy) is 1. The van der Waals surface area contributed by atoms with Gasteiger partial charge in [-0.2, -0.15) is 0 Å². The molecule has 1 aliphatic heterocycles. The van der Waals surface area contributed by atoms with Gasteiger partial charge in [0.15, 0.2) is 0 Å². The van der Waals surface area contributed by atoms with Crippen LogP contribution in [-0.4, -0.2) is 45.7 Å². The van der Waals surface area contributed by atoms with Crippen molar-refractivity contribution in [2.45, 2.75) is 55.9 Å². The Labute approximate surface area is 150 Å². The molecule has 1 heterocycles. The van der Waals surface area contributed by atoms with E-state index in [-0.39, 0.29) is 11.0 Å². The Bertz CT molecular complexity index is 621. The quantitative estimate of drug-likeness (QED) is 0.564. The third-order valence-corrected chi connectivity index (χ3v) is 6.10. The average Bonchev–Trinajstić information content (AvgIpc) is 3.13. The normalized spacial score (nSPS) is 20.0. The first-order valence-electron chi connectivity index (χ1n) is 9.26. The van der Waals surface area contributed by atoms with Gasteiger partial charge in [-0.15, -0.1) is 0 Å². The van der Waals surface area contributed by atoms with Crippen LogP contribution in [0.3, 0.4) is 0 Å². The van der Waals surface area contributed by atoms with Crippen molar-refractivity contribution in [2.75, 3.05) is 26.2 Å². The van der Waals surface area contributed by atoms with Crippen LogP contribution in [0.1, 0.15) is 44.9 Å². The van der Waals surface area contributed by atoms with Crippen molar-refractivity contribution in [2.24, 2.45) is 0 Å².